The third kappa shape index (κ3) is 1.51. The van der Waals surface area contributed by atoms with E-state index in [1.54, 1.807) is 6.07 Å². The number of aryl methyl sites for hydroxylation is 1. The maximum Gasteiger partial charge on any atom is 0.296 e. The number of halogens is 1. The number of azo groups is 1. The number of carbonyl (C=O) groups excluding carboxylic acids is 1. The van der Waals surface area contributed by atoms with E-state index in [0.717, 1.165) is 46.0 Å². The van der Waals surface area contributed by atoms with Crippen LogP contribution in [0, 0.1) is 0 Å². The number of aromatic nitrogens is 1. The maximum atomic E-state index is 11.8. The molecule has 0 N–H and O–H groups in total. The van der Waals surface area contributed by atoms with Crippen molar-refractivity contribution in [3.05, 3.63) is 33.4 Å². The average molecular weight is 316 g/mol. The minimum absolute atomic E-state index is 0.275. The van der Waals surface area contributed by atoms with Crippen molar-refractivity contribution < 1.29 is 4.79 Å². The van der Waals surface area contributed by atoms with Gasteiger partial charge in [-0.1, -0.05) is 0 Å². The van der Waals surface area contributed by atoms with Crippen molar-refractivity contribution in [3.63, 3.8) is 0 Å². The van der Waals surface area contributed by atoms with Crippen molar-refractivity contribution in [1.82, 2.24) is 4.98 Å². The van der Waals surface area contributed by atoms with E-state index in [-0.39, 0.29) is 5.91 Å². The molecule has 5 heteroatoms. The van der Waals surface area contributed by atoms with Crippen LogP contribution in [0.4, 0.5) is 5.69 Å². The summed E-state index contributed by atoms with van der Waals surface area (Å²) in [6.45, 7) is 0. The fourth-order valence-corrected chi connectivity index (χ4v) is 3.33. The maximum absolute atomic E-state index is 11.8. The Bertz CT molecular complexity index is 767. The predicted molar refractivity (Wildman–Crippen MR) is 74.9 cm³/mol. The number of nitrogens with zero attached hydrogens (tertiary/aromatic N) is 3. The summed E-state index contributed by atoms with van der Waals surface area (Å²) < 4.78 is 0.908. The molecule has 1 aliphatic carbocycles. The molecule has 0 saturated carbocycles. The lowest BCUT2D eigenvalue weighted by Crippen LogP contribution is -2.09. The highest BCUT2D eigenvalue weighted by Gasteiger charge is 2.25. The first-order valence-corrected chi connectivity index (χ1v) is 7.15. The molecule has 19 heavy (non-hydrogen) atoms. The Morgan fingerprint density at radius 3 is 2.84 bits per heavy atom. The molecule has 0 saturated heterocycles. The van der Waals surface area contributed by atoms with Crippen LogP contribution in [0.5, 0.6) is 0 Å². The van der Waals surface area contributed by atoms with Crippen LogP contribution in [0.1, 0.15) is 34.5 Å². The number of hydrogen-bond donors (Lipinski definition) is 0. The van der Waals surface area contributed by atoms with E-state index in [9.17, 15) is 4.79 Å². The van der Waals surface area contributed by atoms with Crippen LogP contribution in [-0.2, 0) is 12.8 Å². The van der Waals surface area contributed by atoms with Crippen LogP contribution < -0.4 is 0 Å². The fourth-order valence-electron chi connectivity index (χ4n) is 2.91. The number of pyridine rings is 1. The Balaban J connectivity index is 2.21. The molecule has 1 aliphatic heterocycles. The number of benzene rings is 1. The van der Waals surface area contributed by atoms with Crippen molar-refractivity contribution in [2.45, 2.75) is 25.7 Å². The Hall–Kier alpha value is -1.62. The van der Waals surface area contributed by atoms with E-state index < -0.39 is 0 Å². The molecule has 4 rings (SSSR count). The highest BCUT2D eigenvalue weighted by molar-refractivity contribution is 9.10. The second kappa shape index (κ2) is 3.93. The molecule has 2 aromatic rings. The highest BCUT2D eigenvalue weighted by atomic mass is 79.9. The normalized spacial score (nSPS) is 16.8. The van der Waals surface area contributed by atoms with Crippen LogP contribution >= 0.6 is 15.9 Å². The van der Waals surface area contributed by atoms with Crippen LogP contribution in [0.3, 0.4) is 0 Å². The second-order valence-corrected chi connectivity index (χ2v) is 5.77. The van der Waals surface area contributed by atoms with Crippen molar-refractivity contribution in [2.24, 2.45) is 10.2 Å². The molecule has 0 radical (unpaired) electrons. The standard InChI is InChI=1S/C14H10BrN3O/c15-9-6-5-8-11-12(17-18-14(8)19)7-3-1-2-4-10(7)16-13(9)11/h5-6H,1-4H2. The third-order valence-corrected chi connectivity index (χ3v) is 4.45. The minimum atomic E-state index is -0.275. The summed E-state index contributed by atoms with van der Waals surface area (Å²) in [4.78, 5) is 16.6. The van der Waals surface area contributed by atoms with Gasteiger partial charge in [0.1, 0.15) is 5.69 Å². The Labute approximate surface area is 118 Å². The van der Waals surface area contributed by atoms with Crippen LogP contribution in [0.15, 0.2) is 26.8 Å². The monoisotopic (exact) mass is 315 g/mol. The van der Waals surface area contributed by atoms with Gasteiger partial charge in [0.2, 0.25) is 0 Å². The molecule has 0 bridgehead atoms. The van der Waals surface area contributed by atoms with E-state index in [1.807, 2.05) is 6.07 Å². The third-order valence-electron chi connectivity index (χ3n) is 3.81. The quantitative estimate of drug-likeness (QED) is 0.734. The van der Waals surface area contributed by atoms with Gasteiger partial charge in [-0.2, -0.15) is 0 Å². The molecule has 0 unspecified atom stereocenters. The highest BCUT2D eigenvalue weighted by Crippen LogP contribution is 2.41. The average Bonchev–Trinajstić information content (AvgIpc) is 2.44. The van der Waals surface area contributed by atoms with E-state index in [2.05, 4.69) is 26.2 Å². The van der Waals surface area contributed by atoms with Crippen LogP contribution in [-0.4, -0.2) is 10.9 Å². The molecule has 0 atom stereocenters. The minimum Gasteiger partial charge on any atom is -0.265 e. The Morgan fingerprint density at radius 2 is 1.95 bits per heavy atom. The number of hydrogen-bond acceptors (Lipinski definition) is 3. The van der Waals surface area contributed by atoms with Gasteiger partial charge in [-0.25, -0.2) is 0 Å². The lowest BCUT2D eigenvalue weighted by molar-refractivity contribution is 0.0995. The first-order valence-electron chi connectivity index (χ1n) is 6.36. The van der Waals surface area contributed by atoms with Gasteiger partial charge in [0.25, 0.3) is 5.91 Å². The molecule has 2 heterocycles. The molecule has 0 fully saturated rings. The molecule has 2 aliphatic rings. The summed E-state index contributed by atoms with van der Waals surface area (Å²) >= 11 is 3.52. The summed E-state index contributed by atoms with van der Waals surface area (Å²) in [7, 11) is 0. The predicted octanol–water partition coefficient (Wildman–Crippen LogP) is 4.11. The summed E-state index contributed by atoms with van der Waals surface area (Å²) in [5.74, 6) is -0.275. The first kappa shape index (κ1) is 11.2. The molecule has 4 nitrogen and oxygen atoms in total. The smallest absolute Gasteiger partial charge is 0.265 e. The van der Waals surface area contributed by atoms with Gasteiger partial charge in [-0.05, 0) is 53.7 Å². The Kier molecular flexibility index (Phi) is 2.33. The lowest BCUT2D eigenvalue weighted by Gasteiger charge is -2.20. The molecule has 1 aromatic heterocycles. The van der Waals surface area contributed by atoms with Gasteiger partial charge >= 0.3 is 0 Å². The van der Waals surface area contributed by atoms with Gasteiger partial charge in [0.15, 0.2) is 0 Å². The number of fused-ring (bicyclic) bond motifs is 2. The first-order chi connectivity index (χ1) is 9.25. The van der Waals surface area contributed by atoms with E-state index in [0.29, 0.717) is 5.56 Å². The van der Waals surface area contributed by atoms with Gasteiger partial charge in [0, 0.05) is 21.1 Å². The van der Waals surface area contributed by atoms with Gasteiger partial charge < -0.3 is 0 Å². The van der Waals surface area contributed by atoms with E-state index >= 15 is 0 Å². The zero-order chi connectivity index (χ0) is 13.0. The fraction of sp³-hybridized carbons (Fsp3) is 0.286. The topological polar surface area (TPSA) is 54.7 Å². The van der Waals surface area contributed by atoms with Gasteiger partial charge in [-0.3, -0.25) is 9.78 Å². The molecule has 0 spiro atoms. The summed E-state index contributed by atoms with van der Waals surface area (Å²) in [6.07, 6.45) is 4.28. The molecule has 1 aromatic carbocycles. The second-order valence-electron chi connectivity index (χ2n) is 4.92. The lowest BCUT2D eigenvalue weighted by atomic mass is 9.91. The SMILES string of the molecule is O=C1N=Nc2c3c(nc4c(Br)ccc1c24)CCCC3. The van der Waals surface area contributed by atoms with Crippen LogP contribution in [0.25, 0.3) is 10.9 Å². The zero-order valence-corrected chi connectivity index (χ0v) is 11.7. The zero-order valence-electron chi connectivity index (χ0n) is 10.1. The number of rotatable bonds is 0. The van der Waals surface area contributed by atoms with Crippen LogP contribution in [0.2, 0.25) is 0 Å². The van der Waals surface area contributed by atoms with Crippen molar-refractivity contribution in [2.75, 3.05) is 0 Å². The summed E-state index contributed by atoms with van der Waals surface area (Å²) in [5.41, 5.74) is 4.59. The van der Waals surface area contributed by atoms with Gasteiger partial charge in [0.05, 0.1) is 11.1 Å². The number of amides is 1. The molecular formula is C14H10BrN3O. The molecule has 1 amide bonds. The van der Waals surface area contributed by atoms with Crippen molar-refractivity contribution >= 4 is 38.4 Å². The van der Waals surface area contributed by atoms with E-state index in [4.69, 9.17) is 4.98 Å². The van der Waals surface area contributed by atoms with Crippen molar-refractivity contribution in [1.29, 1.82) is 0 Å². The van der Waals surface area contributed by atoms with Crippen molar-refractivity contribution in [3.8, 4) is 0 Å². The largest absolute Gasteiger partial charge is 0.296 e. The summed E-state index contributed by atoms with van der Waals surface area (Å²) in [6, 6.07) is 3.66. The molecular weight excluding hydrogens is 306 g/mol. The van der Waals surface area contributed by atoms with Gasteiger partial charge in [-0.15, -0.1) is 10.2 Å². The summed E-state index contributed by atoms with van der Waals surface area (Å²) in [5, 5.41) is 8.79. The Morgan fingerprint density at radius 1 is 1.11 bits per heavy atom. The molecule has 94 valence electrons. The number of carbonyl (C=O) groups is 1. The van der Waals surface area contributed by atoms with E-state index in [1.165, 1.54) is 12.0 Å².